The number of carbonyl (C=O) groups excluding carboxylic acids is 1. The number of sulfonamides is 1. The van der Waals surface area contributed by atoms with E-state index in [4.69, 9.17) is 4.74 Å². The number of nitrogens with one attached hydrogen (secondary N) is 1. The van der Waals surface area contributed by atoms with E-state index in [1.165, 1.54) is 16.4 Å². The van der Waals surface area contributed by atoms with Gasteiger partial charge < -0.3 is 10.1 Å². The summed E-state index contributed by atoms with van der Waals surface area (Å²) in [5.74, 6) is 0.591. The van der Waals surface area contributed by atoms with Crippen molar-refractivity contribution in [3.63, 3.8) is 0 Å². The molecule has 29 heavy (non-hydrogen) atoms. The molecule has 6 nitrogen and oxygen atoms in total. The molecule has 0 aromatic heterocycles. The Bertz CT molecular complexity index is 930. The van der Waals surface area contributed by atoms with Crippen LogP contribution in [0.1, 0.15) is 31.7 Å². The maximum atomic E-state index is 12.9. The number of hydrogen-bond donors (Lipinski definition) is 1. The zero-order chi connectivity index (χ0) is 20.9. The number of rotatable bonds is 8. The summed E-state index contributed by atoms with van der Waals surface area (Å²) in [6.45, 7) is 2.51. The highest BCUT2D eigenvalue weighted by atomic mass is 32.2. The zero-order valence-electron chi connectivity index (χ0n) is 16.3. The Morgan fingerprint density at radius 2 is 1.76 bits per heavy atom. The minimum atomic E-state index is -3.39. The number of amides is 1. The second-order valence-corrected chi connectivity index (χ2v) is 9.04. The van der Waals surface area contributed by atoms with Gasteiger partial charge in [0.25, 0.3) is 0 Å². The Balaban J connectivity index is 1.55. The van der Waals surface area contributed by atoms with E-state index >= 15 is 0 Å². The predicted molar refractivity (Wildman–Crippen MR) is 109 cm³/mol. The fourth-order valence-corrected chi connectivity index (χ4v) is 5.08. The maximum absolute atomic E-state index is 12.9. The molecular formula is C21H25FN2O4S. The number of nitrogens with zero attached hydrogens (tertiary/aromatic N) is 1. The van der Waals surface area contributed by atoms with Gasteiger partial charge in [0.05, 0.1) is 5.75 Å². The molecule has 2 aromatic carbocycles. The number of halogens is 1. The van der Waals surface area contributed by atoms with Gasteiger partial charge >= 0.3 is 0 Å². The molecule has 3 rings (SSSR count). The van der Waals surface area contributed by atoms with Crippen LogP contribution in [0.5, 0.6) is 11.5 Å². The van der Waals surface area contributed by atoms with Crippen LogP contribution >= 0.6 is 0 Å². The summed E-state index contributed by atoms with van der Waals surface area (Å²) in [4.78, 5) is 12.5. The standard InChI is InChI=1S/C21H25FN2O4S/c1-2-14-29(26,27)24-13-3-4-20(24)21(25)23-15-16-5-9-18(10-6-16)28-19-11-7-17(22)8-12-19/h5-12,20H,2-4,13-15H2,1H3,(H,23,25). The molecule has 1 aliphatic rings. The van der Waals surface area contributed by atoms with Crippen molar-refractivity contribution in [2.45, 2.75) is 38.8 Å². The number of carbonyl (C=O) groups is 1. The molecule has 1 saturated heterocycles. The quantitative estimate of drug-likeness (QED) is 0.710. The summed E-state index contributed by atoms with van der Waals surface area (Å²) in [5, 5.41) is 2.83. The van der Waals surface area contributed by atoms with Gasteiger partial charge in [-0.25, -0.2) is 12.8 Å². The molecule has 0 spiro atoms. The highest BCUT2D eigenvalue weighted by Crippen LogP contribution is 2.23. The van der Waals surface area contributed by atoms with E-state index in [1.54, 1.807) is 24.3 Å². The van der Waals surface area contributed by atoms with Crippen molar-refractivity contribution in [2.75, 3.05) is 12.3 Å². The molecule has 1 aliphatic heterocycles. The Kier molecular flexibility index (Phi) is 6.87. The highest BCUT2D eigenvalue weighted by molar-refractivity contribution is 7.89. The number of hydrogen-bond acceptors (Lipinski definition) is 4. The molecule has 1 N–H and O–H groups in total. The van der Waals surface area contributed by atoms with Gasteiger partial charge in [-0.15, -0.1) is 0 Å². The normalized spacial score (nSPS) is 17.2. The summed E-state index contributed by atoms with van der Waals surface area (Å²) in [5.41, 5.74) is 0.866. The first-order valence-electron chi connectivity index (χ1n) is 9.68. The van der Waals surface area contributed by atoms with Crippen LogP contribution in [-0.2, 0) is 21.4 Å². The van der Waals surface area contributed by atoms with Crippen LogP contribution in [0.3, 0.4) is 0 Å². The van der Waals surface area contributed by atoms with Crippen molar-refractivity contribution in [3.05, 3.63) is 59.9 Å². The van der Waals surface area contributed by atoms with Gasteiger partial charge in [-0.1, -0.05) is 19.1 Å². The molecule has 0 aliphatic carbocycles. The molecule has 1 unspecified atom stereocenters. The van der Waals surface area contributed by atoms with Crippen molar-refractivity contribution >= 4 is 15.9 Å². The predicted octanol–water partition coefficient (Wildman–Crippen LogP) is 3.44. The van der Waals surface area contributed by atoms with E-state index in [2.05, 4.69) is 5.32 Å². The smallest absolute Gasteiger partial charge is 0.238 e. The number of ether oxygens (including phenoxy) is 1. The molecule has 0 saturated carbocycles. The molecule has 0 bridgehead atoms. The average Bonchev–Trinajstić information content (AvgIpc) is 3.20. The topological polar surface area (TPSA) is 75.7 Å². The molecule has 2 aromatic rings. The summed E-state index contributed by atoms with van der Waals surface area (Å²) in [6, 6.07) is 12.3. The molecule has 156 valence electrons. The summed E-state index contributed by atoms with van der Waals surface area (Å²) >= 11 is 0. The van der Waals surface area contributed by atoms with Crippen LogP contribution in [0, 0.1) is 5.82 Å². The van der Waals surface area contributed by atoms with Crippen molar-refractivity contribution in [1.82, 2.24) is 9.62 Å². The fraction of sp³-hybridized carbons (Fsp3) is 0.381. The molecule has 0 radical (unpaired) electrons. The molecule has 1 heterocycles. The van der Waals surface area contributed by atoms with Gasteiger partial charge in [0.1, 0.15) is 23.4 Å². The summed E-state index contributed by atoms with van der Waals surface area (Å²) in [6.07, 6.45) is 1.76. The minimum Gasteiger partial charge on any atom is -0.457 e. The Morgan fingerprint density at radius 1 is 1.14 bits per heavy atom. The first-order valence-corrected chi connectivity index (χ1v) is 11.3. The molecule has 1 fully saturated rings. The van der Waals surface area contributed by atoms with Gasteiger partial charge in [0.15, 0.2) is 0 Å². The Labute approximate surface area is 170 Å². The van der Waals surface area contributed by atoms with Crippen LogP contribution < -0.4 is 10.1 Å². The van der Waals surface area contributed by atoms with Crippen molar-refractivity contribution in [1.29, 1.82) is 0 Å². The van der Waals surface area contributed by atoms with Gasteiger partial charge in [0.2, 0.25) is 15.9 Å². The lowest BCUT2D eigenvalue weighted by Gasteiger charge is -2.23. The lowest BCUT2D eigenvalue weighted by atomic mass is 10.2. The van der Waals surface area contributed by atoms with E-state index < -0.39 is 16.1 Å². The van der Waals surface area contributed by atoms with Gasteiger partial charge in [-0.3, -0.25) is 4.79 Å². The van der Waals surface area contributed by atoms with E-state index in [0.29, 0.717) is 43.9 Å². The number of benzene rings is 2. The van der Waals surface area contributed by atoms with E-state index in [-0.39, 0.29) is 17.5 Å². The fourth-order valence-electron chi connectivity index (χ4n) is 3.33. The lowest BCUT2D eigenvalue weighted by Crippen LogP contribution is -2.46. The maximum Gasteiger partial charge on any atom is 0.238 e. The minimum absolute atomic E-state index is 0.0618. The molecule has 1 atom stereocenters. The third-order valence-corrected chi connectivity index (χ3v) is 6.84. The third-order valence-electron chi connectivity index (χ3n) is 4.77. The van der Waals surface area contributed by atoms with E-state index in [1.807, 2.05) is 19.1 Å². The van der Waals surface area contributed by atoms with Crippen molar-refractivity contribution in [2.24, 2.45) is 0 Å². The SMILES string of the molecule is CCCS(=O)(=O)N1CCCC1C(=O)NCc1ccc(Oc2ccc(F)cc2)cc1. The molecular weight excluding hydrogens is 395 g/mol. The van der Waals surface area contributed by atoms with Crippen molar-refractivity contribution < 1.29 is 22.3 Å². The second kappa shape index (κ2) is 9.37. The van der Waals surface area contributed by atoms with Gasteiger partial charge in [0, 0.05) is 13.1 Å². The highest BCUT2D eigenvalue weighted by Gasteiger charge is 2.37. The monoisotopic (exact) mass is 420 g/mol. The Hall–Kier alpha value is -2.45. The largest absolute Gasteiger partial charge is 0.457 e. The van der Waals surface area contributed by atoms with E-state index in [0.717, 1.165) is 5.56 Å². The summed E-state index contributed by atoms with van der Waals surface area (Å²) < 4.78 is 44.6. The molecule has 1 amide bonds. The van der Waals surface area contributed by atoms with Gasteiger partial charge in [-0.05, 0) is 61.2 Å². The lowest BCUT2D eigenvalue weighted by molar-refractivity contribution is -0.124. The average molecular weight is 421 g/mol. The molecule has 8 heteroatoms. The van der Waals surface area contributed by atoms with Crippen LogP contribution in [0.15, 0.2) is 48.5 Å². The van der Waals surface area contributed by atoms with E-state index in [9.17, 15) is 17.6 Å². The van der Waals surface area contributed by atoms with Crippen LogP contribution in [0.4, 0.5) is 4.39 Å². The van der Waals surface area contributed by atoms with Crippen LogP contribution in [-0.4, -0.2) is 37.0 Å². The zero-order valence-corrected chi connectivity index (χ0v) is 17.1. The summed E-state index contributed by atoms with van der Waals surface area (Å²) in [7, 11) is -3.39. The van der Waals surface area contributed by atoms with Crippen LogP contribution in [0.25, 0.3) is 0 Å². The van der Waals surface area contributed by atoms with Crippen LogP contribution in [0.2, 0.25) is 0 Å². The first-order chi connectivity index (χ1) is 13.9. The van der Waals surface area contributed by atoms with Crippen molar-refractivity contribution in [3.8, 4) is 11.5 Å². The second-order valence-electron chi connectivity index (χ2n) is 7.00. The van der Waals surface area contributed by atoms with Gasteiger partial charge in [-0.2, -0.15) is 4.31 Å². The third kappa shape index (κ3) is 5.55. The Morgan fingerprint density at radius 3 is 2.38 bits per heavy atom. The first kappa shape index (κ1) is 21.3.